The maximum atomic E-state index is 12.4. The van der Waals surface area contributed by atoms with E-state index in [4.69, 9.17) is 4.42 Å². The second-order valence-electron chi connectivity index (χ2n) is 5.42. The first-order valence-corrected chi connectivity index (χ1v) is 6.56. The minimum absolute atomic E-state index is 0.0720. The average Bonchev–Trinajstić information content (AvgIpc) is 2.72. The Morgan fingerprint density at radius 2 is 2.21 bits per heavy atom. The quantitative estimate of drug-likeness (QED) is 0.791. The van der Waals surface area contributed by atoms with Gasteiger partial charge in [-0.15, -0.1) is 0 Å². The molecule has 4 heteroatoms. The lowest BCUT2D eigenvalue weighted by Gasteiger charge is -2.23. The SMILES string of the molecule is CC1CCc2c(oc3ccc(O)cc23)C(=O)N(C)C1. The molecule has 0 spiro atoms. The molecule has 1 aliphatic heterocycles. The monoisotopic (exact) mass is 259 g/mol. The largest absolute Gasteiger partial charge is 0.508 e. The van der Waals surface area contributed by atoms with Gasteiger partial charge in [-0.3, -0.25) is 4.79 Å². The first-order valence-electron chi connectivity index (χ1n) is 6.56. The Morgan fingerprint density at radius 1 is 1.42 bits per heavy atom. The number of nitrogens with zero attached hydrogens (tertiary/aromatic N) is 1. The molecule has 1 aromatic heterocycles. The van der Waals surface area contributed by atoms with Crippen LogP contribution in [0.3, 0.4) is 0 Å². The molecule has 0 saturated heterocycles. The van der Waals surface area contributed by atoms with Crippen molar-refractivity contribution in [2.75, 3.05) is 13.6 Å². The zero-order chi connectivity index (χ0) is 13.6. The van der Waals surface area contributed by atoms with E-state index in [0.717, 1.165) is 30.3 Å². The molecule has 4 nitrogen and oxygen atoms in total. The molecule has 3 rings (SSSR count). The van der Waals surface area contributed by atoms with Crippen LogP contribution in [0.4, 0.5) is 0 Å². The molecule has 2 heterocycles. The third-order valence-corrected chi connectivity index (χ3v) is 3.79. The molecular formula is C15H17NO3. The summed E-state index contributed by atoms with van der Waals surface area (Å²) in [5.74, 6) is 1.02. The summed E-state index contributed by atoms with van der Waals surface area (Å²) in [6.07, 6.45) is 1.82. The number of amides is 1. The standard InChI is InChI=1S/C15H17NO3/c1-9-3-5-11-12-7-10(17)4-6-13(12)19-14(11)15(18)16(2)8-9/h4,6-7,9,17H,3,5,8H2,1-2H3. The Bertz CT molecular complexity index is 644. The van der Waals surface area contributed by atoms with Gasteiger partial charge in [-0.2, -0.15) is 0 Å². The van der Waals surface area contributed by atoms with E-state index in [0.29, 0.717) is 17.3 Å². The number of hydrogen-bond acceptors (Lipinski definition) is 3. The molecule has 1 N–H and O–H groups in total. The molecule has 0 fully saturated rings. The Hall–Kier alpha value is -1.97. The Kier molecular flexibility index (Phi) is 2.73. The van der Waals surface area contributed by atoms with E-state index in [-0.39, 0.29) is 11.7 Å². The molecule has 0 aliphatic carbocycles. The van der Waals surface area contributed by atoms with Crippen LogP contribution in [0.15, 0.2) is 22.6 Å². The normalized spacial score (nSPS) is 20.2. The number of aromatic hydroxyl groups is 1. The smallest absolute Gasteiger partial charge is 0.289 e. The maximum absolute atomic E-state index is 12.4. The number of phenolic OH excluding ortho intramolecular Hbond substituents is 1. The van der Waals surface area contributed by atoms with E-state index >= 15 is 0 Å². The van der Waals surface area contributed by atoms with Crippen molar-refractivity contribution in [1.29, 1.82) is 0 Å². The summed E-state index contributed by atoms with van der Waals surface area (Å²) in [5, 5.41) is 10.5. The second kappa shape index (κ2) is 4.30. The number of rotatable bonds is 0. The van der Waals surface area contributed by atoms with Crippen LogP contribution in [-0.2, 0) is 6.42 Å². The summed E-state index contributed by atoms with van der Waals surface area (Å²) in [6.45, 7) is 2.90. The average molecular weight is 259 g/mol. The predicted octanol–water partition coefficient (Wildman–Crippen LogP) is 2.79. The highest BCUT2D eigenvalue weighted by atomic mass is 16.3. The summed E-state index contributed by atoms with van der Waals surface area (Å²) >= 11 is 0. The van der Waals surface area contributed by atoms with Crippen LogP contribution >= 0.6 is 0 Å². The summed E-state index contributed by atoms with van der Waals surface area (Å²) in [7, 11) is 1.80. The van der Waals surface area contributed by atoms with Crippen LogP contribution in [0.25, 0.3) is 11.0 Å². The molecule has 1 aromatic carbocycles. The topological polar surface area (TPSA) is 53.7 Å². The highest BCUT2D eigenvalue weighted by Gasteiger charge is 2.27. The summed E-state index contributed by atoms with van der Waals surface area (Å²) < 4.78 is 5.70. The van der Waals surface area contributed by atoms with Gasteiger partial charge in [-0.05, 0) is 37.0 Å². The van der Waals surface area contributed by atoms with Crippen LogP contribution in [0.2, 0.25) is 0 Å². The van der Waals surface area contributed by atoms with Crippen molar-refractivity contribution < 1.29 is 14.3 Å². The van der Waals surface area contributed by atoms with Crippen LogP contribution in [0.5, 0.6) is 5.75 Å². The van der Waals surface area contributed by atoms with E-state index in [9.17, 15) is 9.90 Å². The zero-order valence-corrected chi connectivity index (χ0v) is 11.1. The van der Waals surface area contributed by atoms with Gasteiger partial charge in [-0.25, -0.2) is 0 Å². The zero-order valence-electron chi connectivity index (χ0n) is 11.1. The number of aryl methyl sites for hydroxylation is 1. The van der Waals surface area contributed by atoms with Crippen molar-refractivity contribution in [2.45, 2.75) is 19.8 Å². The predicted molar refractivity (Wildman–Crippen MR) is 72.3 cm³/mol. The van der Waals surface area contributed by atoms with Crippen LogP contribution in [0.1, 0.15) is 29.5 Å². The number of benzene rings is 1. The van der Waals surface area contributed by atoms with E-state index in [1.54, 1.807) is 30.1 Å². The van der Waals surface area contributed by atoms with Gasteiger partial charge in [-0.1, -0.05) is 6.92 Å². The molecule has 2 aromatic rings. The lowest BCUT2D eigenvalue weighted by atomic mass is 9.96. The minimum Gasteiger partial charge on any atom is -0.508 e. The van der Waals surface area contributed by atoms with Gasteiger partial charge in [0, 0.05) is 24.5 Å². The van der Waals surface area contributed by atoms with E-state index in [2.05, 4.69) is 6.92 Å². The van der Waals surface area contributed by atoms with Crippen molar-refractivity contribution >= 4 is 16.9 Å². The van der Waals surface area contributed by atoms with Crippen molar-refractivity contribution in [1.82, 2.24) is 4.90 Å². The lowest BCUT2D eigenvalue weighted by Crippen LogP contribution is -2.33. The van der Waals surface area contributed by atoms with Crippen LogP contribution in [-0.4, -0.2) is 29.5 Å². The van der Waals surface area contributed by atoms with Crippen LogP contribution < -0.4 is 0 Å². The summed E-state index contributed by atoms with van der Waals surface area (Å²) in [6, 6.07) is 4.97. The van der Waals surface area contributed by atoms with Gasteiger partial charge < -0.3 is 14.4 Å². The molecule has 1 atom stereocenters. The van der Waals surface area contributed by atoms with E-state index < -0.39 is 0 Å². The molecule has 0 saturated carbocycles. The number of carbonyl (C=O) groups is 1. The fourth-order valence-corrected chi connectivity index (χ4v) is 2.76. The fraction of sp³-hybridized carbons (Fsp3) is 0.400. The Morgan fingerprint density at radius 3 is 3.00 bits per heavy atom. The molecule has 0 bridgehead atoms. The Labute approximate surface area is 111 Å². The third-order valence-electron chi connectivity index (χ3n) is 3.79. The summed E-state index contributed by atoms with van der Waals surface area (Å²) in [4.78, 5) is 14.1. The number of carbonyl (C=O) groups excluding carboxylic acids is 1. The van der Waals surface area contributed by atoms with Gasteiger partial charge in [0.2, 0.25) is 0 Å². The molecule has 1 unspecified atom stereocenters. The van der Waals surface area contributed by atoms with Crippen LogP contribution in [0, 0.1) is 5.92 Å². The maximum Gasteiger partial charge on any atom is 0.289 e. The molecule has 1 aliphatic rings. The fourth-order valence-electron chi connectivity index (χ4n) is 2.76. The van der Waals surface area contributed by atoms with Gasteiger partial charge in [0.25, 0.3) is 5.91 Å². The molecular weight excluding hydrogens is 242 g/mol. The summed E-state index contributed by atoms with van der Waals surface area (Å²) in [5.41, 5.74) is 1.59. The second-order valence-corrected chi connectivity index (χ2v) is 5.42. The first-order chi connectivity index (χ1) is 9.06. The highest BCUT2D eigenvalue weighted by Crippen LogP contribution is 2.32. The van der Waals surface area contributed by atoms with Gasteiger partial charge >= 0.3 is 0 Å². The molecule has 19 heavy (non-hydrogen) atoms. The first kappa shape index (κ1) is 12.1. The van der Waals surface area contributed by atoms with Gasteiger partial charge in [0.1, 0.15) is 11.3 Å². The molecule has 0 radical (unpaired) electrons. The third kappa shape index (κ3) is 1.97. The van der Waals surface area contributed by atoms with Gasteiger partial charge in [0.05, 0.1) is 0 Å². The highest BCUT2D eigenvalue weighted by molar-refractivity contribution is 5.99. The number of furan rings is 1. The van der Waals surface area contributed by atoms with Crippen molar-refractivity contribution in [3.63, 3.8) is 0 Å². The Balaban J connectivity index is 2.20. The number of hydrogen-bond donors (Lipinski definition) is 1. The number of fused-ring (bicyclic) bond motifs is 3. The molecule has 100 valence electrons. The van der Waals surface area contributed by atoms with Crippen molar-refractivity contribution in [3.8, 4) is 5.75 Å². The lowest BCUT2D eigenvalue weighted by molar-refractivity contribution is 0.0736. The van der Waals surface area contributed by atoms with E-state index in [1.165, 1.54) is 0 Å². The number of phenols is 1. The van der Waals surface area contributed by atoms with Crippen molar-refractivity contribution in [3.05, 3.63) is 29.5 Å². The van der Waals surface area contributed by atoms with E-state index in [1.807, 2.05) is 0 Å². The molecule has 1 amide bonds. The minimum atomic E-state index is -0.0720. The van der Waals surface area contributed by atoms with Gasteiger partial charge in [0.15, 0.2) is 5.76 Å². The van der Waals surface area contributed by atoms with Crippen molar-refractivity contribution in [2.24, 2.45) is 5.92 Å².